The zero-order valence-corrected chi connectivity index (χ0v) is 10.7. The van der Waals surface area contributed by atoms with Gasteiger partial charge in [-0.25, -0.2) is 4.98 Å². The van der Waals surface area contributed by atoms with Crippen molar-refractivity contribution in [1.82, 2.24) is 4.98 Å². The van der Waals surface area contributed by atoms with E-state index >= 15 is 0 Å². The molecule has 0 saturated carbocycles. The fourth-order valence-corrected chi connectivity index (χ4v) is 1.21. The van der Waals surface area contributed by atoms with E-state index < -0.39 is 5.41 Å². The monoisotopic (exact) mass is 252 g/mol. The lowest BCUT2D eigenvalue weighted by atomic mass is 9.93. The van der Waals surface area contributed by atoms with Gasteiger partial charge in [-0.05, 0) is 26.0 Å². The molecule has 6 heteroatoms. The van der Waals surface area contributed by atoms with E-state index in [1.165, 1.54) is 0 Å². The van der Waals surface area contributed by atoms with Crippen LogP contribution in [0.3, 0.4) is 0 Å². The lowest BCUT2D eigenvalue weighted by Gasteiger charge is -2.21. The number of nitrogens with two attached hydrogens (primary N) is 2. The molecule has 5 N–H and O–H groups in total. The minimum absolute atomic E-state index is 0.310. The predicted octanol–water partition coefficient (Wildman–Crippen LogP) is 0.639. The first kappa shape index (κ1) is 13.4. The largest absolute Gasteiger partial charge is 0.389 e. The van der Waals surface area contributed by atoms with E-state index in [-0.39, 0.29) is 5.91 Å². The van der Waals surface area contributed by atoms with Gasteiger partial charge in [-0.1, -0.05) is 12.2 Å². The Bertz CT molecular complexity index is 445. The van der Waals surface area contributed by atoms with E-state index in [4.69, 9.17) is 23.7 Å². The van der Waals surface area contributed by atoms with Gasteiger partial charge in [-0.15, -0.1) is 0 Å². The Hall–Kier alpha value is -1.69. The summed E-state index contributed by atoms with van der Waals surface area (Å²) >= 11 is 4.87. The zero-order valence-electron chi connectivity index (χ0n) is 9.86. The number of rotatable bonds is 5. The van der Waals surface area contributed by atoms with E-state index in [1.807, 2.05) is 0 Å². The number of primary amides is 1. The van der Waals surface area contributed by atoms with Gasteiger partial charge < -0.3 is 16.8 Å². The third-order valence-corrected chi connectivity index (χ3v) is 2.66. The molecule has 0 aliphatic rings. The normalized spacial score (nSPS) is 10.9. The van der Waals surface area contributed by atoms with Crippen LogP contribution in [0, 0.1) is 5.41 Å². The number of nitrogens with zero attached hydrogens (tertiary/aromatic N) is 1. The average Bonchev–Trinajstić information content (AvgIpc) is 2.26. The second kappa shape index (κ2) is 5.09. The maximum atomic E-state index is 11.1. The fraction of sp³-hybridized carbons (Fsp3) is 0.364. The van der Waals surface area contributed by atoms with Crippen molar-refractivity contribution in [1.29, 1.82) is 0 Å². The summed E-state index contributed by atoms with van der Waals surface area (Å²) in [6.07, 6.45) is 1.61. The minimum atomic E-state index is -0.638. The number of carbonyl (C=O) groups is 1. The smallest absolute Gasteiger partial charge is 0.224 e. The van der Waals surface area contributed by atoms with Crippen LogP contribution < -0.4 is 16.8 Å². The van der Waals surface area contributed by atoms with Crippen LogP contribution in [0.5, 0.6) is 0 Å². The zero-order chi connectivity index (χ0) is 13.1. The Balaban J connectivity index is 2.73. The lowest BCUT2D eigenvalue weighted by Crippen LogP contribution is -2.37. The van der Waals surface area contributed by atoms with Crippen molar-refractivity contribution in [3.8, 4) is 0 Å². The van der Waals surface area contributed by atoms with Gasteiger partial charge in [-0.3, -0.25) is 4.79 Å². The molecule has 0 fully saturated rings. The van der Waals surface area contributed by atoms with Crippen LogP contribution in [0.2, 0.25) is 0 Å². The standard InChI is InChI=1S/C11H16N4OS/c1-11(2,10(13)16)6-15-8-5-7(9(12)17)3-4-14-8/h3-5H,6H2,1-2H3,(H2,12,17)(H2,13,16)(H,14,15). The van der Waals surface area contributed by atoms with Gasteiger partial charge in [0.05, 0.1) is 5.41 Å². The molecule has 1 amide bonds. The maximum absolute atomic E-state index is 11.1. The summed E-state index contributed by atoms with van der Waals surface area (Å²) in [5.74, 6) is 0.250. The molecular formula is C11H16N4OS. The van der Waals surface area contributed by atoms with Gasteiger partial charge >= 0.3 is 0 Å². The van der Waals surface area contributed by atoms with E-state index in [9.17, 15) is 4.79 Å². The summed E-state index contributed by atoms with van der Waals surface area (Å²) in [6, 6.07) is 3.46. The predicted molar refractivity (Wildman–Crippen MR) is 71.6 cm³/mol. The number of nitrogens with one attached hydrogen (secondary N) is 1. The average molecular weight is 252 g/mol. The SMILES string of the molecule is CC(C)(CNc1cc(C(N)=S)ccn1)C(N)=O. The van der Waals surface area contributed by atoms with Gasteiger partial charge in [-0.2, -0.15) is 0 Å². The van der Waals surface area contributed by atoms with Crippen molar-refractivity contribution in [2.75, 3.05) is 11.9 Å². The van der Waals surface area contributed by atoms with E-state index in [2.05, 4.69) is 10.3 Å². The molecule has 0 spiro atoms. The van der Waals surface area contributed by atoms with Gasteiger partial charge in [0.2, 0.25) is 5.91 Å². The Morgan fingerprint density at radius 1 is 1.53 bits per heavy atom. The van der Waals surface area contributed by atoms with Gasteiger partial charge in [0.15, 0.2) is 0 Å². The third kappa shape index (κ3) is 3.67. The molecule has 0 aliphatic heterocycles. The van der Waals surface area contributed by atoms with Crippen molar-refractivity contribution < 1.29 is 4.79 Å². The summed E-state index contributed by atoms with van der Waals surface area (Å²) in [5.41, 5.74) is 10.9. The van der Waals surface area contributed by atoms with Crippen LogP contribution in [0.4, 0.5) is 5.82 Å². The Labute approximate surface area is 106 Å². The highest BCUT2D eigenvalue weighted by Crippen LogP contribution is 2.15. The molecule has 0 aliphatic carbocycles. The molecule has 1 heterocycles. The first-order valence-electron chi connectivity index (χ1n) is 5.12. The van der Waals surface area contributed by atoms with E-state index in [0.29, 0.717) is 17.4 Å². The lowest BCUT2D eigenvalue weighted by molar-refractivity contribution is -0.125. The van der Waals surface area contributed by atoms with Crippen LogP contribution >= 0.6 is 12.2 Å². The number of amides is 1. The molecule has 92 valence electrons. The number of anilines is 1. The Kier molecular flexibility index (Phi) is 4.01. The molecule has 0 aromatic carbocycles. The van der Waals surface area contributed by atoms with Crippen molar-refractivity contribution in [3.63, 3.8) is 0 Å². The molecule has 1 rings (SSSR count). The van der Waals surface area contributed by atoms with E-state index in [1.54, 1.807) is 32.2 Å². The van der Waals surface area contributed by atoms with Gasteiger partial charge in [0.1, 0.15) is 10.8 Å². The van der Waals surface area contributed by atoms with Crippen LogP contribution in [-0.2, 0) is 4.79 Å². The molecule has 0 radical (unpaired) electrons. The van der Waals surface area contributed by atoms with Crippen molar-refractivity contribution >= 4 is 28.9 Å². The molecule has 0 bridgehead atoms. The molecule has 0 atom stereocenters. The first-order valence-corrected chi connectivity index (χ1v) is 5.53. The molecule has 0 unspecified atom stereocenters. The molecule has 1 aromatic rings. The topological polar surface area (TPSA) is 94.0 Å². The van der Waals surface area contributed by atoms with Gasteiger partial charge in [0.25, 0.3) is 0 Å². The minimum Gasteiger partial charge on any atom is -0.389 e. The van der Waals surface area contributed by atoms with Crippen LogP contribution in [0.1, 0.15) is 19.4 Å². The summed E-state index contributed by atoms with van der Waals surface area (Å²) < 4.78 is 0. The molecular weight excluding hydrogens is 236 g/mol. The second-order valence-corrected chi connectivity index (χ2v) is 4.84. The third-order valence-electron chi connectivity index (χ3n) is 2.42. The van der Waals surface area contributed by atoms with Crippen molar-refractivity contribution in [3.05, 3.63) is 23.9 Å². The molecule has 0 saturated heterocycles. The first-order chi connectivity index (χ1) is 7.83. The highest BCUT2D eigenvalue weighted by molar-refractivity contribution is 7.80. The molecule has 1 aromatic heterocycles. The number of pyridine rings is 1. The van der Waals surface area contributed by atoms with Crippen LogP contribution in [0.15, 0.2) is 18.3 Å². The highest BCUT2D eigenvalue weighted by Gasteiger charge is 2.24. The van der Waals surface area contributed by atoms with Crippen LogP contribution in [0.25, 0.3) is 0 Å². The highest BCUT2D eigenvalue weighted by atomic mass is 32.1. The Morgan fingerprint density at radius 2 is 2.18 bits per heavy atom. The molecule has 17 heavy (non-hydrogen) atoms. The summed E-state index contributed by atoms with van der Waals surface area (Å²) in [7, 11) is 0. The fourth-order valence-electron chi connectivity index (χ4n) is 1.08. The summed E-state index contributed by atoms with van der Waals surface area (Å²) in [5, 5.41) is 3.03. The van der Waals surface area contributed by atoms with Crippen molar-refractivity contribution in [2.45, 2.75) is 13.8 Å². The number of hydrogen-bond donors (Lipinski definition) is 3. The Morgan fingerprint density at radius 3 is 2.71 bits per heavy atom. The van der Waals surface area contributed by atoms with Crippen molar-refractivity contribution in [2.24, 2.45) is 16.9 Å². The van der Waals surface area contributed by atoms with Gasteiger partial charge in [0, 0.05) is 18.3 Å². The quantitative estimate of drug-likeness (QED) is 0.669. The second-order valence-electron chi connectivity index (χ2n) is 4.40. The summed E-state index contributed by atoms with van der Waals surface area (Å²) in [4.78, 5) is 15.6. The molecule has 5 nitrogen and oxygen atoms in total. The number of carbonyl (C=O) groups excluding carboxylic acids is 1. The maximum Gasteiger partial charge on any atom is 0.224 e. The van der Waals surface area contributed by atoms with Crippen LogP contribution in [-0.4, -0.2) is 22.4 Å². The summed E-state index contributed by atoms with van der Waals surface area (Å²) in [6.45, 7) is 3.93. The number of hydrogen-bond acceptors (Lipinski definition) is 4. The van der Waals surface area contributed by atoms with E-state index in [0.717, 1.165) is 5.56 Å². The number of thiocarbonyl (C=S) groups is 1. The number of aromatic nitrogens is 1.